The van der Waals surface area contributed by atoms with Crippen molar-refractivity contribution in [3.05, 3.63) is 41.4 Å². The molecule has 3 nitrogen and oxygen atoms in total. The number of carbonyl (C=O) groups excluding carboxylic acids is 1. The number of pyridine rings is 1. The van der Waals surface area contributed by atoms with Gasteiger partial charge in [-0.25, -0.2) is 0 Å². The van der Waals surface area contributed by atoms with E-state index in [2.05, 4.69) is 11.9 Å². The molecule has 4 heteroatoms. The lowest BCUT2D eigenvalue weighted by molar-refractivity contribution is 0.0747. The third-order valence-electron chi connectivity index (χ3n) is 3.60. The Bertz CT molecular complexity index is 562. The van der Waals surface area contributed by atoms with Gasteiger partial charge in [0.05, 0.1) is 16.1 Å². The molecule has 0 spiro atoms. The van der Waals surface area contributed by atoms with Gasteiger partial charge in [-0.15, -0.1) is 11.3 Å². The third-order valence-corrected chi connectivity index (χ3v) is 4.49. The van der Waals surface area contributed by atoms with Gasteiger partial charge < -0.3 is 4.90 Å². The van der Waals surface area contributed by atoms with Gasteiger partial charge in [-0.1, -0.05) is 6.07 Å². The molecule has 98 valence electrons. The number of thiophene rings is 1. The topological polar surface area (TPSA) is 33.2 Å². The number of amides is 1. The fraction of sp³-hybridized carbons (Fsp3) is 0.333. The quantitative estimate of drug-likeness (QED) is 0.839. The average molecular weight is 272 g/mol. The van der Waals surface area contributed by atoms with Gasteiger partial charge in [0.1, 0.15) is 0 Å². The van der Waals surface area contributed by atoms with Crippen molar-refractivity contribution in [2.45, 2.75) is 25.8 Å². The maximum atomic E-state index is 12.3. The summed E-state index contributed by atoms with van der Waals surface area (Å²) >= 11 is 1.66. The van der Waals surface area contributed by atoms with Crippen LogP contribution in [0.15, 0.2) is 35.8 Å². The lowest BCUT2D eigenvalue weighted by atomic mass is 10.2. The molecule has 1 aliphatic rings. The lowest BCUT2D eigenvalue weighted by Gasteiger charge is -2.21. The summed E-state index contributed by atoms with van der Waals surface area (Å²) in [5.74, 6) is 0.107. The number of carbonyl (C=O) groups is 1. The van der Waals surface area contributed by atoms with Crippen molar-refractivity contribution in [2.75, 3.05) is 6.54 Å². The molecule has 0 aromatic carbocycles. The number of likely N-dealkylation sites (tertiary alicyclic amines) is 1. The van der Waals surface area contributed by atoms with E-state index in [9.17, 15) is 4.79 Å². The molecule has 1 amide bonds. The van der Waals surface area contributed by atoms with Crippen molar-refractivity contribution >= 4 is 17.2 Å². The number of hydrogen-bond acceptors (Lipinski definition) is 3. The minimum Gasteiger partial charge on any atom is -0.336 e. The highest BCUT2D eigenvalue weighted by atomic mass is 32.1. The van der Waals surface area contributed by atoms with Crippen LogP contribution >= 0.6 is 11.3 Å². The normalized spacial score (nSPS) is 18.8. The summed E-state index contributed by atoms with van der Waals surface area (Å²) in [6, 6.07) is 8.21. The molecule has 0 saturated carbocycles. The first-order valence-electron chi connectivity index (χ1n) is 6.56. The maximum absolute atomic E-state index is 12.3. The smallest absolute Gasteiger partial charge is 0.255 e. The Morgan fingerprint density at radius 2 is 2.32 bits per heavy atom. The van der Waals surface area contributed by atoms with Crippen LogP contribution in [0, 0.1) is 0 Å². The van der Waals surface area contributed by atoms with Gasteiger partial charge in [0.2, 0.25) is 0 Å². The summed E-state index contributed by atoms with van der Waals surface area (Å²) in [7, 11) is 0. The molecule has 19 heavy (non-hydrogen) atoms. The largest absolute Gasteiger partial charge is 0.336 e. The van der Waals surface area contributed by atoms with E-state index in [0.717, 1.165) is 30.0 Å². The van der Waals surface area contributed by atoms with Crippen molar-refractivity contribution in [1.82, 2.24) is 9.88 Å². The molecule has 1 aliphatic heterocycles. The Hall–Kier alpha value is -1.68. The second kappa shape index (κ2) is 5.13. The number of hydrogen-bond donors (Lipinski definition) is 0. The van der Waals surface area contributed by atoms with E-state index in [1.165, 1.54) is 0 Å². The minimum atomic E-state index is 0.107. The molecule has 0 N–H and O–H groups in total. The monoisotopic (exact) mass is 272 g/mol. The zero-order valence-corrected chi connectivity index (χ0v) is 11.7. The summed E-state index contributed by atoms with van der Waals surface area (Å²) < 4.78 is 0. The Morgan fingerprint density at radius 1 is 1.42 bits per heavy atom. The van der Waals surface area contributed by atoms with Gasteiger partial charge in [0.25, 0.3) is 5.91 Å². The summed E-state index contributed by atoms with van der Waals surface area (Å²) in [4.78, 5) is 19.8. The molecule has 1 atom stereocenters. The first-order valence-corrected chi connectivity index (χ1v) is 7.44. The maximum Gasteiger partial charge on any atom is 0.255 e. The van der Waals surface area contributed by atoms with Crippen molar-refractivity contribution in [2.24, 2.45) is 0 Å². The van der Waals surface area contributed by atoms with Gasteiger partial charge >= 0.3 is 0 Å². The van der Waals surface area contributed by atoms with Crippen LogP contribution in [0.25, 0.3) is 10.6 Å². The van der Waals surface area contributed by atoms with Gasteiger partial charge in [-0.2, -0.15) is 0 Å². The van der Waals surface area contributed by atoms with Crippen LogP contribution in [0.4, 0.5) is 0 Å². The van der Waals surface area contributed by atoms with Gasteiger partial charge in [0.15, 0.2) is 0 Å². The van der Waals surface area contributed by atoms with Crippen LogP contribution in [-0.2, 0) is 0 Å². The van der Waals surface area contributed by atoms with E-state index in [1.54, 1.807) is 17.5 Å². The average Bonchev–Trinajstić information content (AvgIpc) is 3.09. The predicted molar refractivity (Wildman–Crippen MR) is 77.3 cm³/mol. The van der Waals surface area contributed by atoms with Gasteiger partial charge in [-0.05, 0) is 43.3 Å². The van der Waals surface area contributed by atoms with Crippen LogP contribution in [-0.4, -0.2) is 28.4 Å². The SMILES string of the molecule is CC1CCCN1C(=O)c1ccc(-c2cccs2)nc1. The van der Waals surface area contributed by atoms with E-state index >= 15 is 0 Å². The Balaban J connectivity index is 1.81. The molecule has 2 aromatic rings. The van der Waals surface area contributed by atoms with E-state index < -0.39 is 0 Å². The minimum absolute atomic E-state index is 0.107. The predicted octanol–water partition coefficient (Wildman–Crippen LogP) is 3.43. The number of rotatable bonds is 2. The highest BCUT2D eigenvalue weighted by molar-refractivity contribution is 7.13. The first kappa shape index (κ1) is 12.4. The van der Waals surface area contributed by atoms with Crippen LogP contribution in [0.3, 0.4) is 0 Å². The summed E-state index contributed by atoms with van der Waals surface area (Å²) in [6.07, 6.45) is 3.91. The molecule has 1 saturated heterocycles. The number of nitrogens with zero attached hydrogens (tertiary/aromatic N) is 2. The molecule has 2 aromatic heterocycles. The van der Waals surface area contributed by atoms with Gasteiger partial charge in [-0.3, -0.25) is 9.78 Å². The highest BCUT2D eigenvalue weighted by Crippen LogP contribution is 2.24. The van der Waals surface area contributed by atoms with Crippen LogP contribution in [0.2, 0.25) is 0 Å². The van der Waals surface area contributed by atoms with Crippen molar-refractivity contribution in [3.8, 4) is 10.6 Å². The Labute approximate surface area is 116 Å². The zero-order chi connectivity index (χ0) is 13.2. The van der Waals surface area contributed by atoms with E-state index in [4.69, 9.17) is 0 Å². The summed E-state index contributed by atoms with van der Waals surface area (Å²) in [5.41, 5.74) is 1.62. The molecular weight excluding hydrogens is 256 g/mol. The second-order valence-electron chi connectivity index (χ2n) is 4.90. The summed E-state index contributed by atoms with van der Waals surface area (Å²) in [5, 5.41) is 2.03. The number of aromatic nitrogens is 1. The fourth-order valence-corrected chi connectivity index (χ4v) is 3.19. The zero-order valence-electron chi connectivity index (χ0n) is 10.9. The first-order chi connectivity index (χ1) is 9.25. The molecule has 1 fully saturated rings. The van der Waals surface area contributed by atoms with Crippen LogP contribution < -0.4 is 0 Å². The fourth-order valence-electron chi connectivity index (χ4n) is 2.49. The van der Waals surface area contributed by atoms with E-state index in [-0.39, 0.29) is 5.91 Å². The third kappa shape index (κ3) is 2.40. The van der Waals surface area contributed by atoms with Crippen molar-refractivity contribution < 1.29 is 4.79 Å². The van der Waals surface area contributed by atoms with Crippen LogP contribution in [0.5, 0.6) is 0 Å². The van der Waals surface area contributed by atoms with E-state index in [1.807, 2.05) is 34.5 Å². The highest BCUT2D eigenvalue weighted by Gasteiger charge is 2.26. The second-order valence-corrected chi connectivity index (χ2v) is 5.85. The molecule has 3 rings (SSSR count). The summed E-state index contributed by atoms with van der Waals surface area (Å²) in [6.45, 7) is 2.98. The van der Waals surface area contributed by atoms with Crippen molar-refractivity contribution in [1.29, 1.82) is 0 Å². The van der Waals surface area contributed by atoms with Crippen molar-refractivity contribution in [3.63, 3.8) is 0 Å². The lowest BCUT2D eigenvalue weighted by Crippen LogP contribution is -2.33. The van der Waals surface area contributed by atoms with E-state index in [0.29, 0.717) is 11.6 Å². The Morgan fingerprint density at radius 3 is 2.89 bits per heavy atom. The molecule has 0 bridgehead atoms. The molecule has 0 aliphatic carbocycles. The molecular formula is C15H16N2OS. The standard InChI is InChI=1S/C15H16N2OS/c1-11-4-2-8-17(11)15(18)12-6-7-13(16-10-12)14-5-3-9-19-14/h3,5-7,9-11H,2,4,8H2,1H3. The van der Waals surface area contributed by atoms with Gasteiger partial charge in [0, 0.05) is 18.8 Å². The Kier molecular flexibility index (Phi) is 3.34. The molecule has 0 radical (unpaired) electrons. The molecule has 1 unspecified atom stereocenters. The molecule has 3 heterocycles. The van der Waals surface area contributed by atoms with Crippen LogP contribution in [0.1, 0.15) is 30.1 Å².